The van der Waals surface area contributed by atoms with E-state index in [9.17, 15) is 0 Å². The van der Waals surface area contributed by atoms with E-state index >= 15 is 0 Å². The lowest BCUT2D eigenvalue weighted by Crippen LogP contribution is -1.90. The maximum Gasteiger partial charge on any atom is 0.0378 e. The van der Waals surface area contributed by atoms with E-state index in [1.807, 2.05) is 0 Å². The molecule has 1 aliphatic heterocycles. The molecule has 1 saturated heterocycles. The third kappa shape index (κ3) is 13.2. The van der Waals surface area contributed by atoms with E-state index in [0.29, 0.717) is 0 Å². The van der Waals surface area contributed by atoms with Crippen molar-refractivity contribution in [2.75, 3.05) is 0 Å². The van der Waals surface area contributed by atoms with Gasteiger partial charge in [-0.25, -0.2) is 0 Å². The highest BCUT2D eigenvalue weighted by molar-refractivity contribution is 6.35. The summed E-state index contributed by atoms with van der Waals surface area (Å²) in [5.41, 5.74) is 0. The molecule has 20 heavy (non-hydrogen) atoms. The van der Waals surface area contributed by atoms with E-state index in [1.54, 1.807) is 0 Å². The Balaban J connectivity index is 2.00. The minimum absolute atomic E-state index is 1.27. The molecular formula is C19H38Si. The Bertz CT molecular complexity index is 92.2. The van der Waals surface area contributed by atoms with Crippen molar-refractivity contribution in [2.24, 2.45) is 0 Å². The second kappa shape index (κ2) is 15.6. The van der Waals surface area contributed by atoms with Gasteiger partial charge in [0.15, 0.2) is 0 Å². The summed E-state index contributed by atoms with van der Waals surface area (Å²) in [5.74, 6) is 0. The zero-order chi connectivity index (χ0) is 14.1. The topological polar surface area (TPSA) is 0 Å². The van der Waals surface area contributed by atoms with Crippen LogP contribution in [0.25, 0.3) is 0 Å². The summed E-state index contributed by atoms with van der Waals surface area (Å²) in [7, 11) is 1.27. The summed E-state index contributed by atoms with van der Waals surface area (Å²) in [4.78, 5) is 0. The Morgan fingerprint density at radius 2 is 0.450 bits per heavy atom. The average molecular weight is 295 g/mol. The van der Waals surface area contributed by atoms with Crippen molar-refractivity contribution in [2.45, 2.75) is 121 Å². The summed E-state index contributed by atoms with van der Waals surface area (Å²) < 4.78 is 0. The molecule has 0 spiro atoms. The van der Waals surface area contributed by atoms with Crippen molar-refractivity contribution in [1.82, 2.24) is 0 Å². The van der Waals surface area contributed by atoms with Crippen LogP contribution in [0.15, 0.2) is 0 Å². The number of hydrogen-bond donors (Lipinski definition) is 0. The molecule has 0 unspecified atom stereocenters. The first kappa shape index (κ1) is 18.3. The molecule has 0 aliphatic carbocycles. The second-order valence-corrected chi connectivity index (χ2v) is 8.26. The third-order valence-electron chi connectivity index (χ3n) is 4.71. The molecule has 0 bridgehead atoms. The zero-order valence-electron chi connectivity index (χ0n) is 13.9. The van der Waals surface area contributed by atoms with Gasteiger partial charge < -0.3 is 0 Å². The van der Waals surface area contributed by atoms with Crippen LogP contribution in [0.4, 0.5) is 0 Å². The van der Waals surface area contributed by atoms with Gasteiger partial charge in [0.05, 0.1) is 0 Å². The molecular weight excluding hydrogens is 256 g/mol. The lowest BCUT2D eigenvalue weighted by atomic mass is 10.0. The normalized spacial score (nSPS) is 24.0. The van der Waals surface area contributed by atoms with Crippen LogP contribution in [0.2, 0.25) is 12.1 Å². The molecule has 1 heteroatoms. The van der Waals surface area contributed by atoms with Crippen molar-refractivity contribution >= 4 is 9.52 Å². The highest BCUT2D eigenvalue weighted by atomic mass is 28.2. The highest BCUT2D eigenvalue weighted by Crippen LogP contribution is 2.15. The Kier molecular flexibility index (Phi) is 14.3. The highest BCUT2D eigenvalue weighted by Gasteiger charge is 1.97. The molecule has 1 heterocycles. The van der Waals surface area contributed by atoms with E-state index in [4.69, 9.17) is 0 Å². The lowest BCUT2D eigenvalue weighted by Gasteiger charge is -2.05. The molecule has 1 rings (SSSR count). The van der Waals surface area contributed by atoms with Gasteiger partial charge in [-0.2, -0.15) is 0 Å². The van der Waals surface area contributed by atoms with Crippen LogP contribution in [0.3, 0.4) is 0 Å². The first-order valence-corrected chi connectivity index (χ1v) is 11.1. The third-order valence-corrected chi connectivity index (χ3v) is 6.12. The molecule has 1 fully saturated rings. The van der Waals surface area contributed by atoms with Gasteiger partial charge in [-0.1, -0.05) is 121 Å². The number of rotatable bonds is 0. The van der Waals surface area contributed by atoms with Gasteiger partial charge in [-0.3, -0.25) is 0 Å². The zero-order valence-corrected chi connectivity index (χ0v) is 14.9. The van der Waals surface area contributed by atoms with Gasteiger partial charge in [-0.15, -0.1) is 0 Å². The van der Waals surface area contributed by atoms with Crippen molar-refractivity contribution in [3.05, 3.63) is 0 Å². The predicted octanol–water partition coefficient (Wildman–Crippen LogP) is 7.17. The maximum atomic E-state index is 1.53. The van der Waals surface area contributed by atoms with Gasteiger partial charge >= 0.3 is 0 Å². The van der Waals surface area contributed by atoms with Crippen LogP contribution in [-0.4, -0.2) is 9.52 Å². The van der Waals surface area contributed by atoms with Crippen LogP contribution in [0.1, 0.15) is 109 Å². The first-order valence-electron chi connectivity index (χ1n) is 9.71. The molecule has 1 aliphatic rings. The molecule has 0 aromatic heterocycles. The van der Waals surface area contributed by atoms with Crippen molar-refractivity contribution in [3.8, 4) is 0 Å². The van der Waals surface area contributed by atoms with Gasteiger partial charge in [0.1, 0.15) is 0 Å². The Morgan fingerprint density at radius 3 is 0.700 bits per heavy atom. The first-order chi connectivity index (χ1) is 10.0. The quantitative estimate of drug-likeness (QED) is 0.415. The summed E-state index contributed by atoms with van der Waals surface area (Å²) in [6, 6.07) is 3.06. The van der Waals surface area contributed by atoms with Gasteiger partial charge in [-0.05, 0) is 0 Å². The molecule has 0 saturated carbocycles. The largest absolute Gasteiger partial charge is 0.0612 e. The molecule has 0 aromatic carbocycles. The molecule has 0 amide bonds. The minimum atomic E-state index is 1.27. The van der Waals surface area contributed by atoms with E-state index < -0.39 is 0 Å². The Labute approximate surface area is 131 Å². The summed E-state index contributed by atoms with van der Waals surface area (Å²) in [5, 5.41) is 0. The summed E-state index contributed by atoms with van der Waals surface area (Å²) in [6.45, 7) is 0. The SMILES string of the molecule is C1CCCCCCCCC[Si]CCCCCCCCC1. The van der Waals surface area contributed by atoms with Crippen LogP contribution in [0.5, 0.6) is 0 Å². The lowest BCUT2D eigenvalue weighted by molar-refractivity contribution is 0.527. The molecule has 0 N–H and O–H groups in total. The molecule has 0 aromatic rings. The fourth-order valence-corrected chi connectivity index (χ4v) is 4.53. The maximum absolute atomic E-state index is 1.53. The van der Waals surface area contributed by atoms with Crippen LogP contribution in [-0.2, 0) is 0 Å². The van der Waals surface area contributed by atoms with Crippen molar-refractivity contribution in [3.63, 3.8) is 0 Å². The van der Waals surface area contributed by atoms with Gasteiger partial charge in [0.25, 0.3) is 0 Å². The monoisotopic (exact) mass is 294 g/mol. The summed E-state index contributed by atoms with van der Waals surface area (Å²) in [6.07, 6.45) is 25.6. The molecule has 118 valence electrons. The van der Waals surface area contributed by atoms with Crippen LogP contribution < -0.4 is 0 Å². The van der Waals surface area contributed by atoms with Gasteiger partial charge in [0.2, 0.25) is 0 Å². The van der Waals surface area contributed by atoms with Crippen LogP contribution in [0, 0.1) is 0 Å². The smallest absolute Gasteiger partial charge is 0.0378 e. The van der Waals surface area contributed by atoms with E-state index in [-0.39, 0.29) is 0 Å². The van der Waals surface area contributed by atoms with Crippen LogP contribution >= 0.6 is 0 Å². The molecule has 2 radical (unpaired) electrons. The summed E-state index contributed by atoms with van der Waals surface area (Å²) >= 11 is 0. The predicted molar refractivity (Wildman–Crippen MR) is 93.9 cm³/mol. The van der Waals surface area contributed by atoms with E-state index in [2.05, 4.69) is 0 Å². The average Bonchev–Trinajstić information content (AvgIpc) is 2.46. The standard InChI is InChI=1S/C19H38Si/c1-2-4-6-8-10-12-14-16-18-20-19-17-15-13-11-9-7-5-3-1/h1-19H2. The van der Waals surface area contributed by atoms with E-state index in [0.717, 1.165) is 0 Å². The fourth-order valence-electron chi connectivity index (χ4n) is 3.28. The van der Waals surface area contributed by atoms with Crippen molar-refractivity contribution in [1.29, 1.82) is 0 Å². The van der Waals surface area contributed by atoms with Crippen molar-refractivity contribution < 1.29 is 0 Å². The number of hydrogen-bond acceptors (Lipinski definition) is 0. The Morgan fingerprint density at radius 1 is 0.250 bits per heavy atom. The second-order valence-electron chi connectivity index (χ2n) is 6.76. The van der Waals surface area contributed by atoms with Gasteiger partial charge in [0, 0.05) is 9.52 Å². The molecule has 0 nitrogen and oxygen atoms in total. The molecule has 0 atom stereocenters. The van der Waals surface area contributed by atoms with E-state index in [1.165, 1.54) is 131 Å². The minimum Gasteiger partial charge on any atom is -0.0612 e. The Hall–Kier alpha value is 0.217. The fraction of sp³-hybridized carbons (Fsp3) is 1.00.